The Morgan fingerprint density at radius 3 is 2.16 bits per heavy atom. The Hall–Kier alpha value is -4.19. The Morgan fingerprint density at radius 2 is 1.44 bits per heavy atom. The fourth-order valence-electron chi connectivity index (χ4n) is 3.44. The Morgan fingerprint density at radius 1 is 0.750 bits per heavy atom. The van der Waals surface area contributed by atoms with Crippen molar-refractivity contribution >= 4 is 11.8 Å². The Balaban J connectivity index is 1.36. The average molecular weight is 425 g/mol. The van der Waals surface area contributed by atoms with Crippen molar-refractivity contribution in [3.8, 4) is 11.1 Å². The Kier molecular flexibility index (Phi) is 6.72. The average Bonchev–Trinajstić information content (AvgIpc) is 3.36. The molecule has 0 aliphatic heterocycles. The van der Waals surface area contributed by atoms with Crippen molar-refractivity contribution in [3.63, 3.8) is 0 Å². The van der Waals surface area contributed by atoms with Crippen LogP contribution in [0.25, 0.3) is 11.1 Å². The van der Waals surface area contributed by atoms with Crippen LogP contribution in [0, 0.1) is 0 Å². The molecule has 2 amide bonds. The van der Waals surface area contributed by atoms with Gasteiger partial charge < -0.3 is 10.6 Å². The molecule has 0 bridgehead atoms. The summed E-state index contributed by atoms with van der Waals surface area (Å²) in [5.41, 5.74) is 4.16. The zero-order valence-corrected chi connectivity index (χ0v) is 17.6. The summed E-state index contributed by atoms with van der Waals surface area (Å²) in [6, 6.07) is 26.6. The first-order valence-corrected chi connectivity index (χ1v) is 10.5. The van der Waals surface area contributed by atoms with E-state index in [1.54, 1.807) is 18.3 Å². The van der Waals surface area contributed by atoms with Crippen LogP contribution >= 0.6 is 0 Å². The third kappa shape index (κ3) is 5.29. The second kappa shape index (κ2) is 10.2. The van der Waals surface area contributed by atoms with Gasteiger partial charge in [-0.25, -0.2) is 0 Å². The SMILES string of the molecule is O=C(NCCNC(=O)c1ccccc1-c1ccc(Cn2cccn2)cc1)c1ccccc1. The number of benzene rings is 3. The van der Waals surface area contributed by atoms with E-state index >= 15 is 0 Å². The first-order chi connectivity index (χ1) is 15.7. The van der Waals surface area contributed by atoms with E-state index in [1.165, 1.54) is 0 Å². The van der Waals surface area contributed by atoms with Crippen molar-refractivity contribution in [2.75, 3.05) is 13.1 Å². The maximum Gasteiger partial charge on any atom is 0.251 e. The third-order valence-electron chi connectivity index (χ3n) is 5.07. The predicted molar refractivity (Wildman–Crippen MR) is 124 cm³/mol. The highest BCUT2D eigenvalue weighted by molar-refractivity contribution is 6.01. The highest BCUT2D eigenvalue weighted by Gasteiger charge is 2.12. The van der Waals surface area contributed by atoms with Gasteiger partial charge in [0.25, 0.3) is 11.8 Å². The molecule has 0 spiro atoms. The van der Waals surface area contributed by atoms with Gasteiger partial charge in [0.1, 0.15) is 0 Å². The zero-order chi connectivity index (χ0) is 22.2. The Labute approximate surface area is 186 Å². The van der Waals surface area contributed by atoms with Crippen LogP contribution in [0.15, 0.2) is 97.3 Å². The lowest BCUT2D eigenvalue weighted by Gasteiger charge is -2.12. The molecule has 0 radical (unpaired) electrons. The van der Waals surface area contributed by atoms with E-state index in [4.69, 9.17) is 0 Å². The lowest BCUT2D eigenvalue weighted by molar-refractivity contribution is 0.0928. The molecule has 0 unspecified atom stereocenters. The maximum atomic E-state index is 12.8. The summed E-state index contributed by atoms with van der Waals surface area (Å²) in [7, 11) is 0. The molecule has 0 saturated heterocycles. The summed E-state index contributed by atoms with van der Waals surface area (Å²) in [6.45, 7) is 1.39. The van der Waals surface area contributed by atoms with Gasteiger partial charge in [0.05, 0.1) is 6.54 Å². The van der Waals surface area contributed by atoms with E-state index < -0.39 is 0 Å². The number of nitrogens with one attached hydrogen (secondary N) is 2. The fourth-order valence-corrected chi connectivity index (χ4v) is 3.44. The summed E-state index contributed by atoms with van der Waals surface area (Å²) < 4.78 is 1.87. The number of amides is 2. The molecule has 1 heterocycles. The van der Waals surface area contributed by atoms with Crippen LogP contribution < -0.4 is 10.6 Å². The second-order valence-electron chi connectivity index (χ2n) is 7.32. The zero-order valence-electron chi connectivity index (χ0n) is 17.6. The van der Waals surface area contributed by atoms with E-state index in [-0.39, 0.29) is 11.8 Å². The molecule has 6 nitrogen and oxygen atoms in total. The summed E-state index contributed by atoms with van der Waals surface area (Å²) in [6.07, 6.45) is 3.69. The first-order valence-electron chi connectivity index (χ1n) is 10.5. The molecule has 4 aromatic rings. The molecule has 160 valence electrons. The van der Waals surface area contributed by atoms with Crippen LogP contribution in [0.2, 0.25) is 0 Å². The summed E-state index contributed by atoms with van der Waals surface area (Å²) in [5.74, 6) is -0.328. The molecule has 32 heavy (non-hydrogen) atoms. The quantitative estimate of drug-likeness (QED) is 0.423. The van der Waals surface area contributed by atoms with E-state index in [1.807, 2.05) is 83.7 Å². The molecule has 6 heteroatoms. The van der Waals surface area contributed by atoms with E-state index in [0.29, 0.717) is 30.8 Å². The lowest BCUT2D eigenvalue weighted by Crippen LogP contribution is -2.34. The van der Waals surface area contributed by atoms with Crippen molar-refractivity contribution in [1.29, 1.82) is 0 Å². The van der Waals surface area contributed by atoms with Crippen molar-refractivity contribution in [2.45, 2.75) is 6.54 Å². The van der Waals surface area contributed by atoms with Gasteiger partial charge >= 0.3 is 0 Å². The van der Waals surface area contributed by atoms with Crippen LogP contribution in [-0.4, -0.2) is 34.7 Å². The Bertz CT molecular complexity index is 1170. The van der Waals surface area contributed by atoms with Gasteiger partial charge in [-0.1, -0.05) is 60.7 Å². The number of nitrogens with zero attached hydrogens (tertiary/aromatic N) is 2. The minimum absolute atomic E-state index is 0.157. The van der Waals surface area contributed by atoms with Crippen LogP contribution in [0.3, 0.4) is 0 Å². The minimum Gasteiger partial charge on any atom is -0.350 e. The normalized spacial score (nSPS) is 10.5. The van der Waals surface area contributed by atoms with Crippen LogP contribution in [0.5, 0.6) is 0 Å². The molecular weight excluding hydrogens is 400 g/mol. The summed E-state index contributed by atoms with van der Waals surface area (Å²) in [4.78, 5) is 24.9. The van der Waals surface area contributed by atoms with Gasteiger partial charge in [0.15, 0.2) is 0 Å². The van der Waals surface area contributed by atoms with E-state index in [0.717, 1.165) is 16.7 Å². The first kappa shape index (κ1) is 21.1. The monoisotopic (exact) mass is 424 g/mol. The van der Waals surface area contributed by atoms with Crippen LogP contribution in [0.1, 0.15) is 26.3 Å². The van der Waals surface area contributed by atoms with Gasteiger partial charge in [0.2, 0.25) is 0 Å². The summed E-state index contributed by atoms with van der Waals surface area (Å²) in [5, 5.41) is 9.94. The van der Waals surface area contributed by atoms with Crippen molar-refractivity contribution < 1.29 is 9.59 Å². The minimum atomic E-state index is -0.171. The number of rotatable bonds is 8. The highest BCUT2D eigenvalue weighted by Crippen LogP contribution is 2.24. The van der Waals surface area contributed by atoms with Crippen LogP contribution in [0.4, 0.5) is 0 Å². The van der Waals surface area contributed by atoms with Gasteiger partial charge in [-0.15, -0.1) is 0 Å². The smallest absolute Gasteiger partial charge is 0.251 e. The molecule has 2 N–H and O–H groups in total. The molecule has 0 aliphatic carbocycles. The topological polar surface area (TPSA) is 76.0 Å². The highest BCUT2D eigenvalue weighted by atomic mass is 16.2. The number of hydrogen-bond donors (Lipinski definition) is 2. The lowest BCUT2D eigenvalue weighted by atomic mass is 9.98. The molecule has 0 aliphatic rings. The molecule has 0 atom stereocenters. The molecule has 0 saturated carbocycles. The largest absolute Gasteiger partial charge is 0.350 e. The number of carbonyl (C=O) groups is 2. The molecule has 0 fully saturated rings. The molecule has 4 rings (SSSR count). The predicted octanol–water partition coefficient (Wildman–Crippen LogP) is 3.76. The molecular formula is C26H24N4O2. The standard InChI is InChI=1S/C26H24N4O2/c31-25(22-7-2-1-3-8-22)27-16-17-28-26(32)24-10-5-4-9-23(24)21-13-11-20(12-14-21)19-30-18-6-15-29-30/h1-15,18H,16-17,19H2,(H,27,31)(H,28,32). The van der Waals surface area contributed by atoms with Gasteiger partial charge in [0, 0.05) is 36.6 Å². The second-order valence-corrected chi connectivity index (χ2v) is 7.32. The number of aromatic nitrogens is 2. The maximum absolute atomic E-state index is 12.8. The van der Waals surface area contributed by atoms with Gasteiger partial charge in [-0.3, -0.25) is 14.3 Å². The van der Waals surface area contributed by atoms with E-state index in [9.17, 15) is 9.59 Å². The van der Waals surface area contributed by atoms with E-state index in [2.05, 4.69) is 15.7 Å². The molecule has 1 aromatic heterocycles. The third-order valence-corrected chi connectivity index (χ3v) is 5.07. The van der Waals surface area contributed by atoms with Gasteiger partial charge in [-0.05, 0) is 41.0 Å². The summed E-state index contributed by atoms with van der Waals surface area (Å²) >= 11 is 0. The van der Waals surface area contributed by atoms with Crippen molar-refractivity contribution in [3.05, 3.63) is 114 Å². The molecule has 3 aromatic carbocycles. The fraction of sp³-hybridized carbons (Fsp3) is 0.115. The van der Waals surface area contributed by atoms with Crippen molar-refractivity contribution in [2.24, 2.45) is 0 Å². The van der Waals surface area contributed by atoms with Crippen molar-refractivity contribution in [1.82, 2.24) is 20.4 Å². The van der Waals surface area contributed by atoms with Crippen LogP contribution in [-0.2, 0) is 6.54 Å². The van der Waals surface area contributed by atoms with Gasteiger partial charge in [-0.2, -0.15) is 5.10 Å². The number of carbonyl (C=O) groups excluding carboxylic acids is 2. The number of hydrogen-bond acceptors (Lipinski definition) is 3.